The molecule has 0 unspecified atom stereocenters. The molecule has 0 radical (unpaired) electrons. The molecule has 27 heavy (non-hydrogen) atoms. The Morgan fingerprint density at radius 3 is 2.89 bits per heavy atom. The lowest BCUT2D eigenvalue weighted by atomic mass is 10.3. The van der Waals surface area contributed by atoms with E-state index in [-0.39, 0.29) is 18.1 Å². The molecule has 0 aromatic carbocycles. The van der Waals surface area contributed by atoms with Crippen LogP contribution in [0.25, 0.3) is 11.6 Å². The molecular weight excluding hydrogens is 370 g/mol. The van der Waals surface area contributed by atoms with Crippen LogP contribution in [0.3, 0.4) is 0 Å². The highest BCUT2D eigenvalue weighted by molar-refractivity contribution is 7.99. The topological polar surface area (TPSA) is 114 Å². The van der Waals surface area contributed by atoms with Crippen LogP contribution in [0.15, 0.2) is 28.0 Å². The Bertz CT molecular complexity index is 812. The van der Waals surface area contributed by atoms with Gasteiger partial charge in [0.15, 0.2) is 22.8 Å². The fraction of sp³-hybridized carbons (Fsp3) is 0.471. The van der Waals surface area contributed by atoms with Crippen LogP contribution in [-0.4, -0.2) is 57.0 Å². The van der Waals surface area contributed by atoms with Gasteiger partial charge in [-0.1, -0.05) is 11.8 Å². The summed E-state index contributed by atoms with van der Waals surface area (Å²) in [6.07, 6.45) is 0.869. The van der Waals surface area contributed by atoms with Crippen LogP contribution in [0, 0.1) is 11.3 Å². The van der Waals surface area contributed by atoms with E-state index in [1.165, 1.54) is 23.6 Å². The van der Waals surface area contributed by atoms with Crippen LogP contribution < -0.4 is 0 Å². The van der Waals surface area contributed by atoms with Crippen LogP contribution in [0.5, 0.6) is 0 Å². The molecule has 0 aliphatic rings. The molecule has 144 valence electrons. The number of rotatable bonds is 9. The molecule has 0 saturated carbocycles. The van der Waals surface area contributed by atoms with Gasteiger partial charge < -0.3 is 14.1 Å². The smallest absolute Gasteiger partial charge is 0.317 e. The first kappa shape index (κ1) is 20.5. The number of amides is 1. The summed E-state index contributed by atoms with van der Waals surface area (Å²) < 4.78 is 12.4. The molecule has 0 aliphatic heterocycles. The summed E-state index contributed by atoms with van der Waals surface area (Å²) in [5.41, 5.74) is 0. The molecule has 0 fully saturated rings. The number of ether oxygens (including phenoxy) is 1. The number of thioether (sulfide) groups is 1. The molecule has 0 N–H and O–H groups in total. The van der Waals surface area contributed by atoms with E-state index in [4.69, 9.17) is 14.4 Å². The Hall–Kier alpha value is -2.80. The van der Waals surface area contributed by atoms with Crippen molar-refractivity contribution in [3.05, 3.63) is 18.4 Å². The second-order valence-corrected chi connectivity index (χ2v) is 6.56. The maximum atomic E-state index is 12.1. The van der Waals surface area contributed by atoms with Crippen molar-refractivity contribution in [3.63, 3.8) is 0 Å². The SMILES string of the molecule is CCn1c(SCC(=O)O[C@H](C)C(=O)N(C)CCC#N)nnc1-c1ccco1. The number of hydrogen-bond donors (Lipinski definition) is 0. The van der Waals surface area contributed by atoms with Crippen molar-refractivity contribution in [2.24, 2.45) is 0 Å². The average Bonchev–Trinajstić information content (AvgIpc) is 3.32. The number of nitrogens with zero attached hydrogens (tertiary/aromatic N) is 5. The molecule has 2 aromatic rings. The number of nitriles is 1. The monoisotopic (exact) mass is 391 g/mol. The summed E-state index contributed by atoms with van der Waals surface area (Å²) >= 11 is 1.18. The zero-order valence-electron chi connectivity index (χ0n) is 15.4. The van der Waals surface area contributed by atoms with E-state index in [1.54, 1.807) is 25.4 Å². The largest absolute Gasteiger partial charge is 0.461 e. The number of aromatic nitrogens is 3. The minimum Gasteiger partial charge on any atom is -0.461 e. The number of carbonyl (C=O) groups excluding carboxylic acids is 2. The minimum atomic E-state index is -0.912. The standard InChI is InChI=1S/C17H21N5O4S/c1-4-22-15(13-7-5-10-25-13)19-20-17(22)27-11-14(23)26-12(2)16(24)21(3)9-6-8-18/h5,7,10,12H,4,6,9,11H2,1-3H3/t12-/m1/s1. The normalized spacial score (nSPS) is 11.6. The van der Waals surface area contributed by atoms with Crippen molar-refractivity contribution in [3.8, 4) is 17.7 Å². The second-order valence-electron chi connectivity index (χ2n) is 5.62. The van der Waals surface area contributed by atoms with Crippen molar-refractivity contribution in [2.45, 2.75) is 38.1 Å². The molecule has 2 rings (SSSR count). The van der Waals surface area contributed by atoms with Gasteiger partial charge in [0.1, 0.15) is 0 Å². The summed E-state index contributed by atoms with van der Waals surface area (Å²) in [4.78, 5) is 25.5. The van der Waals surface area contributed by atoms with Crippen LogP contribution in [0.2, 0.25) is 0 Å². The van der Waals surface area contributed by atoms with Gasteiger partial charge in [0, 0.05) is 20.1 Å². The summed E-state index contributed by atoms with van der Waals surface area (Å²) in [7, 11) is 1.57. The lowest BCUT2D eigenvalue weighted by Crippen LogP contribution is -2.38. The van der Waals surface area contributed by atoms with Gasteiger partial charge in [0.2, 0.25) is 0 Å². The fourth-order valence-electron chi connectivity index (χ4n) is 2.31. The lowest BCUT2D eigenvalue weighted by Gasteiger charge is -2.20. The Balaban J connectivity index is 1.90. The highest BCUT2D eigenvalue weighted by atomic mass is 32.2. The lowest BCUT2D eigenvalue weighted by molar-refractivity contribution is -0.156. The van der Waals surface area contributed by atoms with Gasteiger partial charge in [-0.15, -0.1) is 10.2 Å². The van der Waals surface area contributed by atoms with Gasteiger partial charge in [-0.3, -0.25) is 14.2 Å². The van der Waals surface area contributed by atoms with Crippen molar-refractivity contribution in [1.29, 1.82) is 5.26 Å². The van der Waals surface area contributed by atoms with E-state index in [2.05, 4.69) is 10.2 Å². The zero-order valence-corrected chi connectivity index (χ0v) is 16.2. The van der Waals surface area contributed by atoms with E-state index >= 15 is 0 Å². The van der Waals surface area contributed by atoms with Gasteiger partial charge in [-0.2, -0.15) is 5.26 Å². The molecule has 1 amide bonds. The molecule has 9 nitrogen and oxygen atoms in total. The predicted molar refractivity (Wildman–Crippen MR) is 97.5 cm³/mol. The number of carbonyl (C=O) groups is 2. The third kappa shape index (κ3) is 5.34. The fourth-order valence-corrected chi connectivity index (χ4v) is 3.10. The van der Waals surface area contributed by atoms with Crippen molar-refractivity contribution >= 4 is 23.6 Å². The summed E-state index contributed by atoms with van der Waals surface area (Å²) in [6.45, 7) is 4.35. The maximum absolute atomic E-state index is 12.1. The number of likely N-dealkylation sites (N-methyl/N-ethyl adjacent to an activating group) is 1. The Morgan fingerprint density at radius 1 is 1.48 bits per heavy atom. The summed E-state index contributed by atoms with van der Waals surface area (Å²) in [6, 6.07) is 5.52. The van der Waals surface area contributed by atoms with Crippen LogP contribution >= 0.6 is 11.8 Å². The third-order valence-corrected chi connectivity index (χ3v) is 4.63. The molecule has 2 aromatic heterocycles. The van der Waals surface area contributed by atoms with E-state index < -0.39 is 12.1 Å². The van der Waals surface area contributed by atoms with E-state index in [1.807, 2.05) is 17.6 Å². The van der Waals surface area contributed by atoms with Gasteiger partial charge in [-0.25, -0.2) is 0 Å². The van der Waals surface area contributed by atoms with Gasteiger partial charge in [0.05, 0.1) is 24.5 Å². The van der Waals surface area contributed by atoms with Crippen LogP contribution in [0.4, 0.5) is 0 Å². The molecular formula is C17H21N5O4S. The third-order valence-electron chi connectivity index (χ3n) is 3.68. The molecule has 1 atom stereocenters. The molecule has 0 saturated heterocycles. The van der Waals surface area contributed by atoms with E-state index in [9.17, 15) is 9.59 Å². The highest BCUT2D eigenvalue weighted by Crippen LogP contribution is 2.24. The second kappa shape index (κ2) is 9.78. The van der Waals surface area contributed by atoms with E-state index in [0.717, 1.165) is 0 Å². The number of furan rings is 1. The molecule has 2 heterocycles. The highest BCUT2D eigenvalue weighted by Gasteiger charge is 2.22. The first-order valence-electron chi connectivity index (χ1n) is 8.39. The van der Waals surface area contributed by atoms with Crippen LogP contribution in [0.1, 0.15) is 20.3 Å². The quantitative estimate of drug-likeness (QED) is 0.471. The minimum absolute atomic E-state index is 0.00415. The van der Waals surface area contributed by atoms with Crippen molar-refractivity contribution in [2.75, 3.05) is 19.3 Å². The Labute approximate surface area is 161 Å². The number of hydrogen-bond acceptors (Lipinski definition) is 8. The van der Waals surface area contributed by atoms with Crippen molar-refractivity contribution in [1.82, 2.24) is 19.7 Å². The van der Waals surface area contributed by atoms with Crippen LogP contribution in [-0.2, 0) is 20.9 Å². The predicted octanol–water partition coefficient (Wildman–Crippen LogP) is 1.95. The Morgan fingerprint density at radius 2 is 2.26 bits per heavy atom. The zero-order chi connectivity index (χ0) is 19.8. The first-order valence-corrected chi connectivity index (χ1v) is 9.37. The van der Waals surface area contributed by atoms with Gasteiger partial charge in [0.25, 0.3) is 5.91 Å². The molecule has 0 bridgehead atoms. The first-order chi connectivity index (χ1) is 13.0. The van der Waals surface area contributed by atoms with E-state index in [0.29, 0.717) is 29.8 Å². The number of esters is 1. The Kier molecular flexibility index (Phi) is 7.43. The maximum Gasteiger partial charge on any atom is 0.317 e. The molecule has 10 heteroatoms. The molecule has 0 aliphatic carbocycles. The molecule has 0 spiro atoms. The average molecular weight is 391 g/mol. The summed E-state index contributed by atoms with van der Waals surface area (Å²) in [5, 5.41) is 17.3. The van der Waals surface area contributed by atoms with Gasteiger partial charge >= 0.3 is 5.97 Å². The summed E-state index contributed by atoms with van der Waals surface area (Å²) in [5.74, 6) is 0.301. The van der Waals surface area contributed by atoms with Gasteiger partial charge in [-0.05, 0) is 26.0 Å². The van der Waals surface area contributed by atoms with Crippen molar-refractivity contribution < 1.29 is 18.7 Å².